The predicted octanol–water partition coefficient (Wildman–Crippen LogP) is 2.74. The molecule has 0 aromatic carbocycles. The molecule has 9 heavy (non-hydrogen) atoms. The van der Waals surface area contributed by atoms with Gasteiger partial charge in [0.1, 0.15) is 0 Å². The van der Waals surface area contributed by atoms with Gasteiger partial charge in [0, 0.05) is 9.77 Å². The second-order valence-corrected chi connectivity index (χ2v) is 3.56. The maximum atomic E-state index is 5.11. The molecule has 0 unspecified atom stereocenters. The molecule has 1 heterocycles. The molecule has 1 aromatic rings. The highest BCUT2D eigenvalue weighted by atomic mass is 32.2. The first-order chi connectivity index (χ1) is 4.34. The third-order valence-electron chi connectivity index (χ3n) is 0.980. The van der Waals surface area contributed by atoms with Crippen molar-refractivity contribution < 1.29 is 0 Å². The molecule has 0 saturated carbocycles. The molecule has 46 valence electrons. The minimum atomic E-state index is 1.21. The van der Waals surface area contributed by atoms with Crippen LogP contribution in [0, 0.1) is 18.6 Å². The normalized spacial score (nSPS) is 8.89. The predicted molar refractivity (Wildman–Crippen MR) is 43.7 cm³/mol. The van der Waals surface area contributed by atoms with E-state index in [0.29, 0.717) is 0 Å². The minimum absolute atomic E-state index is 1.21. The van der Waals surface area contributed by atoms with E-state index in [1.807, 2.05) is 6.07 Å². The summed E-state index contributed by atoms with van der Waals surface area (Å²) in [6.07, 6.45) is 5.11. The lowest BCUT2D eigenvalue weighted by molar-refractivity contribution is 1.43. The molecule has 0 aliphatic carbocycles. The molecule has 0 aliphatic rings. The number of thiophene rings is 1. The molecule has 1 aromatic heterocycles. The fourth-order valence-corrected chi connectivity index (χ4v) is 1.90. The van der Waals surface area contributed by atoms with Crippen LogP contribution in [0.4, 0.5) is 0 Å². The number of hydrogen-bond donors (Lipinski definition) is 0. The van der Waals surface area contributed by atoms with E-state index < -0.39 is 0 Å². The molecular weight excluding hydrogens is 148 g/mol. The van der Waals surface area contributed by atoms with Gasteiger partial charge in [0.2, 0.25) is 0 Å². The molecule has 0 atom stereocenters. The number of thioether (sulfide) groups is 1. The molecule has 0 aliphatic heterocycles. The van der Waals surface area contributed by atoms with E-state index in [-0.39, 0.29) is 0 Å². The number of aryl methyl sites for hydroxylation is 1. The topological polar surface area (TPSA) is 0 Å². The van der Waals surface area contributed by atoms with Crippen LogP contribution >= 0.6 is 23.1 Å². The first-order valence-electron chi connectivity index (χ1n) is 2.51. The van der Waals surface area contributed by atoms with E-state index in [1.54, 1.807) is 11.3 Å². The highest BCUT2D eigenvalue weighted by Gasteiger charge is 1.95. The third kappa shape index (κ3) is 1.51. The van der Waals surface area contributed by atoms with Crippen LogP contribution in [0.5, 0.6) is 0 Å². The van der Waals surface area contributed by atoms with Gasteiger partial charge in [0.15, 0.2) is 0 Å². The van der Waals surface area contributed by atoms with Crippen molar-refractivity contribution in [1.29, 1.82) is 0 Å². The summed E-state index contributed by atoms with van der Waals surface area (Å²) in [5.74, 6) is 0. The van der Waals surface area contributed by atoms with Crippen LogP contribution in [0.3, 0.4) is 0 Å². The summed E-state index contributed by atoms with van der Waals surface area (Å²) in [5.41, 5.74) is 0. The number of hydrogen-bond acceptors (Lipinski definition) is 2. The van der Waals surface area contributed by atoms with Crippen LogP contribution in [0.2, 0.25) is 0 Å². The monoisotopic (exact) mass is 154 g/mol. The molecule has 0 N–H and O–H groups in total. The summed E-state index contributed by atoms with van der Waals surface area (Å²) < 4.78 is 0. The first-order valence-corrected chi connectivity index (χ1v) is 4.20. The standard InChI is InChI=1S/C7H6S2/c1-3-8-7-4-5-9-6(7)2/h1,4-5H,2H3. The van der Waals surface area contributed by atoms with E-state index in [4.69, 9.17) is 6.42 Å². The molecule has 0 bridgehead atoms. The van der Waals surface area contributed by atoms with Crippen LogP contribution in [-0.2, 0) is 0 Å². The maximum Gasteiger partial charge on any atom is 0.0339 e. The van der Waals surface area contributed by atoms with E-state index in [0.717, 1.165) is 0 Å². The zero-order chi connectivity index (χ0) is 6.69. The Kier molecular flexibility index (Phi) is 2.21. The summed E-state index contributed by atoms with van der Waals surface area (Å²) in [6.45, 7) is 2.07. The molecule has 0 spiro atoms. The Bertz CT molecular complexity index is 229. The van der Waals surface area contributed by atoms with Crippen molar-refractivity contribution in [2.75, 3.05) is 0 Å². The SMILES string of the molecule is C#CSc1ccsc1C. The molecular formula is C7H6S2. The zero-order valence-electron chi connectivity index (χ0n) is 5.05. The smallest absolute Gasteiger partial charge is 0.0339 e. The first kappa shape index (κ1) is 6.73. The summed E-state index contributed by atoms with van der Waals surface area (Å²) in [4.78, 5) is 2.51. The van der Waals surface area contributed by atoms with Crippen LogP contribution in [0.1, 0.15) is 4.88 Å². The van der Waals surface area contributed by atoms with Crippen molar-refractivity contribution in [3.63, 3.8) is 0 Å². The fourth-order valence-electron chi connectivity index (χ4n) is 0.543. The molecule has 0 fully saturated rings. The summed E-state index contributed by atoms with van der Waals surface area (Å²) in [6, 6.07) is 2.05. The molecule has 0 radical (unpaired) electrons. The Morgan fingerprint density at radius 1 is 1.78 bits per heavy atom. The number of rotatable bonds is 1. The van der Waals surface area contributed by atoms with E-state index in [9.17, 15) is 0 Å². The minimum Gasteiger partial charge on any atom is -0.148 e. The lowest BCUT2D eigenvalue weighted by Gasteiger charge is -1.86. The summed E-state index contributed by atoms with van der Waals surface area (Å²) in [5, 5.41) is 4.58. The molecule has 2 heteroatoms. The van der Waals surface area contributed by atoms with Crippen LogP contribution in [-0.4, -0.2) is 0 Å². The Balaban J connectivity index is 2.84. The molecule has 0 amide bonds. The second kappa shape index (κ2) is 2.95. The Hall–Kier alpha value is -0.390. The zero-order valence-corrected chi connectivity index (χ0v) is 6.68. The summed E-state index contributed by atoms with van der Waals surface area (Å²) >= 11 is 3.17. The van der Waals surface area contributed by atoms with Gasteiger partial charge in [-0.2, -0.15) is 0 Å². The molecule has 0 nitrogen and oxygen atoms in total. The van der Waals surface area contributed by atoms with Crippen LogP contribution in [0.25, 0.3) is 0 Å². The van der Waals surface area contributed by atoms with Gasteiger partial charge in [-0.05, 0) is 35.4 Å². The average molecular weight is 154 g/mol. The van der Waals surface area contributed by atoms with Crippen molar-refractivity contribution in [2.24, 2.45) is 0 Å². The summed E-state index contributed by atoms with van der Waals surface area (Å²) in [7, 11) is 0. The van der Waals surface area contributed by atoms with Crippen molar-refractivity contribution in [2.45, 2.75) is 11.8 Å². The molecule has 1 rings (SSSR count). The lowest BCUT2D eigenvalue weighted by Crippen LogP contribution is -1.61. The third-order valence-corrected chi connectivity index (χ3v) is 2.73. The second-order valence-electron chi connectivity index (χ2n) is 1.56. The molecule has 0 saturated heterocycles. The lowest BCUT2D eigenvalue weighted by atomic mass is 10.5. The van der Waals surface area contributed by atoms with E-state index in [2.05, 4.69) is 17.6 Å². The Labute approximate surface area is 63.3 Å². The van der Waals surface area contributed by atoms with Gasteiger partial charge in [-0.3, -0.25) is 0 Å². The van der Waals surface area contributed by atoms with Crippen LogP contribution < -0.4 is 0 Å². The fraction of sp³-hybridized carbons (Fsp3) is 0.143. The Morgan fingerprint density at radius 2 is 2.56 bits per heavy atom. The van der Waals surface area contributed by atoms with Gasteiger partial charge in [0.05, 0.1) is 0 Å². The van der Waals surface area contributed by atoms with Crippen molar-refractivity contribution in [3.8, 4) is 11.7 Å². The Morgan fingerprint density at radius 3 is 3.00 bits per heavy atom. The van der Waals surface area contributed by atoms with Gasteiger partial charge in [-0.25, -0.2) is 0 Å². The van der Waals surface area contributed by atoms with Gasteiger partial charge in [-0.1, -0.05) is 0 Å². The van der Waals surface area contributed by atoms with Gasteiger partial charge >= 0.3 is 0 Å². The van der Waals surface area contributed by atoms with E-state index >= 15 is 0 Å². The highest BCUT2D eigenvalue weighted by Crippen LogP contribution is 2.25. The van der Waals surface area contributed by atoms with E-state index in [1.165, 1.54) is 21.5 Å². The van der Waals surface area contributed by atoms with Gasteiger partial charge in [-0.15, -0.1) is 17.8 Å². The van der Waals surface area contributed by atoms with Gasteiger partial charge < -0.3 is 0 Å². The largest absolute Gasteiger partial charge is 0.148 e. The van der Waals surface area contributed by atoms with Crippen molar-refractivity contribution in [1.82, 2.24) is 0 Å². The van der Waals surface area contributed by atoms with Crippen LogP contribution in [0.15, 0.2) is 16.3 Å². The maximum absolute atomic E-state index is 5.11. The van der Waals surface area contributed by atoms with Crippen molar-refractivity contribution in [3.05, 3.63) is 16.3 Å². The van der Waals surface area contributed by atoms with Gasteiger partial charge in [0.25, 0.3) is 0 Å². The average Bonchev–Trinajstić information content (AvgIpc) is 2.18. The van der Waals surface area contributed by atoms with Crippen molar-refractivity contribution >= 4 is 23.1 Å². The highest BCUT2D eigenvalue weighted by molar-refractivity contribution is 8.04. The quantitative estimate of drug-likeness (QED) is 0.443. The number of terminal acetylenes is 1.